The van der Waals surface area contributed by atoms with Crippen LogP contribution < -0.4 is 16.2 Å². The minimum atomic E-state index is -0.475. The number of nitrogens with one attached hydrogen (secondary N) is 3. The van der Waals surface area contributed by atoms with Gasteiger partial charge in [0.25, 0.3) is 0 Å². The molecule has 0 radical (unpaired) electrons. The zero-order valence-electron chi connectivity index (χ0n) is 14.2. The van der Waals surface area contributed by atoms with Crippen molar-refractivity contribution in [2.24, 2.45) is 0 Å². The second-order valence-electron chi connectivity index (χ2n) is 5.99. The molecule has 1 aromatic carbocycles. The van der Waals surface area contributed by atoms with Crippen LogP contribution in [0.1, 0.15) is 25.3 Å². The Morgan fingerprint density at radius 3 is 2.54 bits per heavy atom. The van der Waals surface area contributed by atoms with E-state index >= 15 is 0 Å². The molecule has 0 fully saturated rings. The molecule has 3 aromatic rings. The van der Waals surface area contributed by atoms with Crippen molar-refractivity contribution in [2.75, 3.05) is 10.7 Å². The monoisotopic (exact) mass is 389 g/mol. The number of carbonyl (C=O) groups is 1. The summed E-state index contributed by atoms with van der Waals surface area (Å²) in [5.74, 6) is 0.784. The summed E-state index contributed by atoms with van der Waals surface area (Å²) in [5.41, 5.74) is 7.53. The van der Waals surface area contributed by atoms with Gasteiger partial charge in [-0.1, -0.05) is 37.0 Å². The summed E-state index contributed by atoms with van der Waals surface area (Å²) in [6.07, 6.45) is 1.69. The molecule has 0 unspecified atom stereocenters. The van der Waals surface area contributed by atoms with Crippen LogP contribution in [0.4, 0.5) is 16.3 Å². The first kappa shape index (κ1) is 18.2. The Kier molecular flexibility index (Phi) is 5.44. The Bertz CT molecular complexity index is 941. The summed E-state index contributed by atoms with van der Waals surface area (Å²) in [5, 5.41) is 4.50. The standard InChI is InChI=1S/C18H17Cl2N5O/c1-10(2)15-9-16(23-17-14(15)4-3-5-21-17)24-25-18(26)22-13-7-11(19)6-12(20)8-13/h3-10H,1-2H3,(H,21,23,24)(H2,22,25,26). The van der Waals surface area contributed by atoms with E-state index in [1.807, 2.05) is 18.2 Å². The van der Waals surface area contributed by atoms with Gasteiger partial charge in [0.05, 0.1) is 0 Å². The van der Waals surface area contributed by atoms with E-state index in [4.69, 9.17) is 23.2 Å². The molecule has 3 N–H and O–H groups in total. The molecule has 0 aliphatic heterocycles. The van der Waals surface area contributed by atoms with Crippen LogP contribution in [0.2, 0.25) is 10.0 Å². The maximum atomic E-state index is 12.1. The van der Waals surface area contributed by atoms with E-state index in [2.05, 4.69) is 40.0 Å². The van der Waals surface area contributed by atoms with Crippen molar-refractivity contribution in [1.82, 2.24) is 15.4 Å². The molecule has 0 saturated heterocycles. The van der Waals surface area contributed by atoms with Crippen molar-refractivity contribution >= 4 is 51.8 Å². The summed E-state index contributed by atoms with van der Waals surface area (Å²) in [4.78, 5) is 20.8. The number of fused-ring (bicyclic) bond motifs is 1. The third-order valence-electron chi connectivity index (χ3n) is 3.66. The average Bonchev–Trinajstić information content (AvgIpc) is 2.58. The topological polar surface area (TPSA) is 78.9 Å². The van der Waals surface area contributed by atoms with Gasteiger partial charge in [0.15, 0.2) is 5.65 Å². The van der Waals surface area contributed by atoms with E-state index in [1.54, 1.807) is 24.4 Å². The SMILES string of the molecule is CC(C)c1cc(NNC(=O)Nc2cc(Cl)cc(Cl)c2)nc2ncccc12. The lowest BCUT2D eigenvalue weighted by atomic mass is 10.0. The fourth-order valence-corrected chi connectivity index (χ4v) is 3.06. The molecule has 0 aliphatic rings. The fraction of sp³-hybridized carbons (Fsp3) is 0.167. The van der Waals surface area contributed by atoms with E-state index < -0.39 is 6.03 Å². The molecule has 8 heteroatoms. The van der Waals surface area contributed by atoms with Crippen LogP contribution in [-0.4, -0.2) is 16.0 Å². The minimum Gasteiger partial charge on any atom is -0.306 e. The lowest BCUT2D eigenvalue weighted by molar-refractivity contribution is 0.254. The molecule has 2 amide bonds. The predicted octanol–water partition coefficient (Wildman–Crippen LogP) is 5.21. The molecule has 0 aliphatic carbocycles. The molecule has 2 heterocycles. The molecule has 3 rings (SSSR count). The number of aromatic nitrogens is 2. The number of benzene rings is 1. The van der Waals surface area contributed by atoms with Gasteiger partial charge in [-0.2, -0.15) is 0 Å². The van der Waals surface area contributed by atoms with E-state index in [0.29, 0.717) is 27.2 Å². The van der Waals surface area contributed by atoms with Crippen LogP contribution >= 0.6 is 23.2 Å². The van der Waals surface area contributed by atoms with Gasteiger partial charge >= 0.3 is 6.03 Å². The molecular weight excluding hydrogens is 373 g/mol. The number of halogens is 2. The van der Waals surface area contributed by atoms with E-state index in [9.17, 15) is 4.79 Å². The fourth-order valence-electron chi connectivity index (χ4n) is 2.53. The Morgan fingerprint density at radius 2 is 1.85 bits per heavy atom. The number of rotatable bonds is 4. The van der Waals surface area contributed by atoms with Crippen molar-refractivity contribution < 1.29 is 4.79 Å². The van der Waals surface area contributed by atoms with Gasteiger partial charge in [-0.25, -0.2) is 14.8 Å². The van der Waals surface area contributed by atoms with Crippen LogP contribution in [0.25, 0.3) is 11.0 Å². The number of hydrogen-bond acceptors (Lipinski definition) is 4. The van der Waals surface area contributed by atoms with Crippen LogP contribution in [0.5, 0.6) is 0 Å². The van der Waals surface area contributed by atoms with Crippen molar-refractivity contribution in [2.45, 2.75) is 19.8 Å². The van der Waals surface area contributed by atoms with Gasteiger partial charge in [0, 0.05) is 27.3 Å². The van der Waals surface area contributed by atoms with Crippen molar-refractivity contribution in [3.05, 3.63) is 58.2 Å². The summed E-state index contributed by atoms with van der Waals surface area (Å²) < 4.78 is 0. The second kappa shape index (κ2) is 7.76. The number of pyridine rings is 2. The van der Waals surface area contributed by atoms with Gasteiger partial charge in [0.2, 0.25) is 0 Å². The number of carbonyl (C=O) groups excluding carboxylic acids is 1. The zero-order valence-corrected chi connectivity index (χ0v) is 15.7. The van der Waals surface area contributed by atoms with Gasteiger partial charge in [0.1, 0.15) is 5.82 Å². The number of anilines is 2. The van der Waals surface area contributed by atoms with E-state index in [-0.39, 0.29) is 5.92 Å². The van der Waals surface area contributed by atoms with Crippen LogP contribution in [0.15, 0.2) is 42.6 Å². The summed E-state index contributed by atoms with van der Waals surface area (Å²) in [7, 11) is 0. The van der Waals surface area contributed by atoms with Gasteiger partial charge < -0.3 is 5.32 Å². The van der Waals surface area contributed by atoms with Crippen LogP contribution in [0.3, 0.4) is 0 Å². The largest absolute Gasteiger partial charge is 0.337 e. The molecule has 0 saturated carbocycles. The highest BCUT2D eigenvalue weighted by atomic mass is 35.5. The predicted molar refractivity (Wildman–Crippen MR) is 106 cm³/mol. The summed E-state index contributed by atoms with van der Waals surface area (Å²) >= 11 is 11.8. The molecule has 0 atom stereocenters. The Hall–Kier alpha value is -2.57. The quantitative estimate of drug-likeness (QED) is 0.535. The Labute approximate surface area is 160 Å². The Balaban J connectivity index is 1.73. The first-order chi connectivity index (χ1) is 12.4. The number of amides is 2. The Morgan fingerprint density at radius 1 is 1.12 bits per heavy atom. The van der Waals surface area contributed by atoms with E-state index in [0.717, 1.165) is 10.9 Å². The molecule has 26 heavy (non-hydrogen) atoms. The summed E-state index contributed by atoms with van der Waals surface area (Å²) in [6.45, 7) is 4.18. The number of urea groups is 1. The molecular formula is C18H17Cl2N5O. The maximum Gasteiger partial charge on any atom is 0.337 e. The van der Waals surface area contributed by atoms with Crippen LogP contribution in [-0.2, 0) is 0 Å². The normalized spacial score (nSPS) is 10.8. The van der Waals surface area contributed by atoms with E-state index in [1.165, 1.54) is 0 Å². The molecule has 2 aromatic heterocycles. The third kappa shape index (κ3) is 4.33. The highest BCUT2D eigenvalue weighted by Crippen LogP contribution is 2.26. The molecule has 6 nitrogen and oxygen atoms in total. The summed E-state index contributed by atoms with van der Waals surface area (Å²) in [6, 6.07) is 10.1. The van der Waals surface area contributed by atoms with Gasteiger partial charge in [-0.3, -0.25) is 10.9 Å². The number of nitrogens with zero attached hydrogens (tertiary/aromatic N) is 2. The maximum absolute atomic E-state index is 12.1. The smallest absolute Gasteiger partial charge is 0.306 e. The molecule has 0 spiro atoms. The average molecular weight is 390 g/mol. The molecule has 134 valence electrons. The van der Waals surface area contributed by atoms with Crippen molar-refractivity contribution in [1.29, 1.82) is 0 Å². The van der Waals surface area contributed by atoms with Crippen molar-refractivity contribution in [3.8, 4) is 0 Å². The third-order valence-corrected chi connectivity index (χ3v) is 4.10. The number of hydrogen-bond donors (Lipinski definition) is 3. The lowest BCUT2D eigenvalue weighted by Gasteiger charge is -2.14. The highest BCUT2D eigenvalue weighted by Gasteiger charge is 2.10. The first-order valence-electron chi connectivity index (χ1n) is 7.97. The second-order valence-corrected chi connectivity index (χ2v) is 6.86. The van der Waals surface area contributed by atoms with Crippen LogP contribution in [0, 0.1) is 0 Å². The molecule has 0 bridgehead atoms. The van der Waals surface area contributed by atoms with Gasteiger partial charge in [-0.15, -0.1) is 0 Å². The minimum absolute atomic E-state index is 0.285. The van der Waals surface area contributed by atoms with Crippen molar-refractivity contribution in [3.63, 3.8) is 0 Å². The zero-order chi connectivity index (χ0) is 18.7. The highest BCUT2D eigenvalue weighted by molar-refractivity contribution is 6.35. The number of hydrazine groups is 1. The van der Waals surface area contributed by atoms with Gasteiger partial charge in [-0.05, 0) is 47.9 Å². The lowest BCUT2D eigenvalue weighted by Crippen LogP contribution is -2.34. The first-order valence-corrected chi connectivity index (χ1v) is 8.73.